The molecule has 0 radical (unpaired) electrons. The number of sulfonamides is 1. The molecule has 0 aliphatic carbocycles. The number of benzene rings is 1. The van der Waals surface area contributed by atoms with E-state index in [1.54, 1.807) is 35.2 Å². The van der Waals surface area contributed by atoms with Gasteiger partial charge in [0.05, 0.1) is 10.8 Å². The number of piperazine rings is 1. The Bertz CT molecular complexity index is 1110. The van der Waals surface area contributed by atoms with E-state index in [0.29, 0.717) is 55.5 Å². The van der Waals surface area contributed by atoms with Gasteiger partial charge in [0.25, 0.3) is 15.7 Å². The van der Waals surface area contributed by atoms with Gasteiger partial charge in [0.15, 0.2) is 0 Å². The summed E-state index contributed by atoms with van der Waals surface area (Å²) < 4.78 is 27.7. The SMILES string of the molecule is Cc1ccc(S(=O)(=O)N2CCCC(C(=O)N3CCN(c4ccccc4[N+](=O)[O-])CC3)C2)s1. The highest BCUT2D eigenvalue weighted by Gasteiger charge is 2.36. The number of carbonyl (C=O) groups is 1. The fourth-order valence-electron chi connectivity index (χ4n) is 4.35. The van der Waals surface area contributed by atoms with Crippen molar-refractivity contribution >= 4 is 38.6 Å². The number of aryl methyl sites for hydroxylation is 1. The van der Waals surface area contributed by atoms with Gasteiger partial charge in [-0.15, -0.1) is 11.3 Å². The highest BCUT2D eigenvalue weighted by atomic mass is 32.2. The summed E-state index contributed by atoms with van der Waals surface area (Å²) in [5.74, 6) is -0.397. The smallest absolute Gasteiger partial charge is 0.292 e. The summed E-state index contributed by atoms with van der Waals surface area (Å²) in [6.45, 7) is 4.41. The Morgan fingerprint density at radius 2 is 1.81 bits per heavy atom. The number of para-hydroxylation sites is 2. The van der Waals surface area contributed by atoms with Crippen molar-refractivity contribution < 1.29 is 18.1 Å². The predicted molar refractivity (Wildman–Crippen MR) is 122 cm³/mol. The molecule has 32 heavy (non-hydrogen) atoms. The number of nitro groups is 1. The van der Waals surface area contributed by atoms with Crippen LogP contribution in [0.15, 0.2) is 40.6 Å². The van der Waals surface area contributed by atoms with Crippen LogP contribution in [0.4, 0.5) is 11.4 Å². The molecular formula is C21H26N4O5S2. The van der Waals surface area contributed by atoms with E-state index in [2.05, 4.69) is 0 Å². The maximum Gasteiger partial charge on any atom is 0.292 e. The van der Waals surface area contributed by atoms with Gasteiger partial charge in [0, 0.05) is 50.2 Å². The summed E-state index contributed by atoms with van der Waals surface area (Å²) in [7, 11) is -3.59. The molecule has 4 rings (SSSR count). The fraction of sp³-hybridized carbons (Fsp3) is 0.476. The lowest BCUT2D eigenvalue weighted by molar-refractivity contribution is -0.384. The van der Waals surface area contributed by atoms with Crippen molar-refractivity contribution in [2.45, 2.75) is 24.0 Å². The lowest BCUT2D eigenvalue weighted by Crippen LogP contribution is -2.53. The molecule has 9 nitrogen and oxygen atoms in total. The molecule has 2 fully saturated rings. The van der Waals surface area contributed by atoms with Gasteiger partial charge in [0.2, 0.25) is 5.91 Å². The van der Waals surface area contributed by atoms with Gasteiger partial charge >= 0.3 is 0 Å². The molecule has 0 spiro atoms. The number of rotatable bonds is 5. The average Bonchev–Trinajstić information content (AvgIpc) is 3.26. The molecule has 1 aromatic carbocycles. The van der Waals surface area contributed by atoms with Crippen LogP contribution in [0.5, 0.6) is 0 Å². The molecule has 2 saturated heterocycles. The molecule has 1 amide bonds. The number of nitro benzene ring substituents is 1. The van der Waals surface area contributed by atoms with Gasteiger partial charge in [0.1, 0.15) is 9.90 Å². The number of hydrogen-bond acceptors (Lipinski definition) is 7. The van der Waals surface area contributed by atoms with Gasteiger partial charge in [-0.05, 0) is 38.0 Å². The predicted octanol–water partition coefficient (Wildman–Crippen LogP) is 2.71. The Morgan fingerprint density at radius 3 is 2.47 bits per heavy atom. The minimum absolute atomic E-state index is 0.0329. The zero-order valence-electron chi connectivity index (χ0n) is 17.8. The standard InChI is InChI=1S/C21H26N4O5S2/c1-16-8-9-20(31-16)32(29,30)24-10-4-5-17(15-24)21(26)23-13-11-22(12-14-23)18-6-2-3-7-19(18)25(27)28/h2-3,6-9,17H,4-5,10-15H2,1H3. The van der Waals surface area contributed by atoms with Crippen molar-refractivity contribution in [1.29, 1.82) is 0 Å². The molecule has 1 unspecified atom stereocenters. The molecule has 2 aliphatic rings. The summed E-state index contributed by atoms with van der Waals surface area (Å²) >= 11 is 1.25. The monoisotopic (exact) mass is 478 g/mol. The van der Waals surface area contributed by atoms with E-state index < -0.39 is 10.0 Å². The molecular weight excluding hydrogens is 452 g/mol. The summed E-state index contributed by atoms with van der Waals surface area (Å²) in [6, 6.07) is 10.0. The minimum Gasteiger partial charge on any atom is -0.362 e. The first-order chi connectivity index (χ1) is 15.3. The third-order valence-electron chi connectivity index (χ3n) is 6.05. The van der Waals surface area contributed by atoms with Crippen LogP contribution in [0, 0.1) is 23.0 Å². The van der Waals surface area contributed by atoms with Crippen molar-refractivity contribution in [2.75, 3.05) is 44.2 Å². The third kappa shape index (κ3) is 4.50. The molecule has 1 atom stereocenters. The van der Waals surface area contributed by atoms with Crippen LogP contribution >= 0.6 is 11.3 Å². The number of anilines is 1. The molecule has 3 heterocycles. The number of thiophene rings is 1. The van der Waals surface area contributed by atoms with E-state index in [1.165, 1.54) is 21.7 Å². The number of piperidine rings is 1. The molecule has 2 aliphatic heterocycles. The van der Waals surface area contributed by atoms with Gasteiger partial charge in [-0.25, -0.2) is 8.42 Å². The van der Waals surface area contributed by atoms with E-state index in [4.69, 9.17) is 0 Å². The van der Waals surface area contributed by atoms with Crippen LogP contribution in [0.25, 0.3) is 0 Å². The van der Waals surface area contributed by atoms with Gasteiger partial charge in [-0.3, -0.25) is 14.9 Å². The number of nitrogens with zero attached hydrogens (tertiary/aromatic N) is 4. The van der Waals surface area contributed by atoms with Crippen LogP contribution in [0.1, 0.15) is 17.7 Å². The van der Waals surface area contributed by atoms with Crippen LogP contribution in [0.3, 0.4) is 0 Å². The highest BCUT2D eigenvalue weighted by Crippen LogP contribution is 2.31. The van der Waals surface area contributed by atoms with Crippen LogP contribution in [0.2, 0.25) is 0 Å². The lowest BCUT2D eigenvalue weighted by Gasteiger charge is -2.39. The van der Waals surface area contributed by atoms with Crippen LogP contribution < -0.4 is 4.90 Å². The number of hydrogen-bond donors (Lipinski definition) is 0. The lowest BCUT2D eigenvalue weighted by atomic mass is 9.97. The molecule has 172 valence electrons. The molecule has 0 saturated carbocycles. The molecule has 0 N–H and O–H groups in total. The van der Waals surface area contributed by atoms with Gasteiger partial charge < -0.3 is 9.80 Å². The highest BCUT2D eigenvalue weighted by molar-refractivity contribution is 7.91. The zero-order chi connectivity index (χ0) is 22.9. The normalized spacial score (nSPS) is 20.3. The third-order valence-corrected chi connectivity index (χ3v) is 9.39. The largest absolute Gasteiger partial charge is 0.362 e. The molecule has 0 bridgehead atoms. The average molecular weight is 479 g/mol. The first-order valence-corrected chi connectivity index (χ1v) is 12.9. The van der Waals surface area contributed by atoms with E-state index in [0.717, 1.165) is 4.88 Å². The zero-order valence-corrected chi connectivity index (χ0v) is 19.5. The number of carbonyl (C=O) groups excluding carboxylic acids is 1. The number of amides is 1. The first-order valence-electron chi connectivity index (χ1n) is 10.6. The van der Waals surface area contributed by atoms with Crippen molar-refractivity contribution in [2.24, 2.45) is 5.92 Å². The summed E-state index contributed by atoms with van der Waals surface area (Å²) in [5, 5.41) is 11.3. The maximum atomic E-state index is 13.2. The quantitative estimate of drug-likeness (QED) is 0.483. The van der Waals surface area contributed by atoms with Crippen molar-refractivity contribution in [3.05, 3.63) is 51.4 Å². The molecule has 2 aromatic rings. The van der Waals surface area contributed by atoms with Gasteiger partial charge in [-0.1, -0.05) is 12.1 Å². The first kappa shape index (κ1) is 22.7. The van der Waals surface area contributed by atoms with Crippen molar-refractivity contribution in [1.82, 2.24) is 9.21 Å². The Labute approximate surface area is 191 Å². The Morgan fingerprint density at radius 1 is 1.09 bits per heavy atom. The Kier molecular flexibility index (Phi) is 6.50. The summed E-state index contributed by atoms with van der Waals surface area (Å²) in [4.78, 5) is 28.7. The Balaban J connectivity index is 1.40. The topological polar surface area (TPSA) is 104 Å². The summed E-state index contributed by atoms with van der Waals surface area (Å²) in [6.07, 6.45) is 1.31. The van der Waals surface area contributed by atoms with Crippen LogP contribution in [-0.4, -0.2) is 67.7 Å². The van der Waals surface area contributed by atoms with E-state index in [9.17, 15) is 23.3 Å². The second-order valence-electron chi connectivity index (χ2n) is 8.13. The van der Waals surface area contributed by atoms with Crippen molar-refractivity contribution in [3.8, 4) is 0 Å². The van der Waals surface area contributed by atoms with Crippen molar-refractivity contribution in [3.63, 3.8) is 0 Å². The summed E-state index contributed by atoms with van der Waals surface area (Å²) in [5.41, 5.74) is 0.620. The second kappa shape index (κ2) is 9.16. The fourth-order valence-corrected chi connectivity index (χ4v) is 7.31. The van der Waals surface area contributed by atoms with E-state index in [1.807, 2.05) is 11.8 Å². The molecule has 1 aromatic heterocycles. The minimum atomic E-state index is -3.59. The van der Waals surface area contributed by atoms with Crippen LogP contribution in [-0.2, 0) is 14.8 Å². The van der Waals surface area contributed by atoms with E-state index >= 15 is 0 Å². The Hall–Kier alpha value is -2.50. The van der Waals surface area contributed by atoms with E-state index in [-0.39, 0.29) is 29.0 Å². The molecule has 11 heteroatoms. The second-order valence-corrected chi connectivity index (χ2v) is 11.6. The maximum absolute atomic E-state index is 13.2. The van der Waals surface area contributed by atoms with Gasteiger partial charge in [-0.2, -0.15) is 4.31 Å².